The van der Waals surface area contributed by atoms with E-state index in [0.29, 0.717) is 6.54 Å². The minimum absolute atomic E-state index is 0.0998. The number of aromatic nitrogens is 2. The van der Waals surface area contributed by atoms with E-state index in [4.69, 9.17) is 10.5 Å². The highest BCUT2D eigenvalue weighted by molar-refractivity contribution is 5.91. The Hall–Kier alpha value is -2.46. The molecule has 0 spiro atoms. The summed E-state index contributed by atoms with van der Waals surface area (Å²) in [4.78, 5) is 8.60. The lowest BCUT2D eigenvalue weighted by Gasteiger charge is -2.06. The molecule has 1 unspecified atom stereocenters. The molecular formula is C17H15N3O. The van der Waals surface area contributed by atoms with Crippen molar-refractivity contribution in [1.29, 1.82) is 0 Å². The summed E-state index contributed by atoms with van der Waals surface area (Å²) < 4.78 is 5.83. The van der Waals surface area contributed by atoms with Crippen molar-refractivity contribution in [3.8, 4) is 17.1 Å². The minimum atomic E-state index is 0.0998. The Morgan fingerprint density at radius 2 is 2.00 bits per heavy atom. The van der Waals surface area contributed by atoms with Crippen LogP contribution in [0.15, 0.2) is 48.8 Å². The quantitative estimate of drug-likeness (QED) is 0.782. The molecule has 0 bridgehead atoms. The maximum Gasteiger partial charge on any atom is 0.159 e. The summed E-state index contributed by atoms with van der Waals surface area (Å²) in [6.07, 6.45) is 4.50. The number of fused-ring (bicyclic) bond motifs is 3. The van der Waals surface area contributed by atoms with Crippen LogP contribution in [0.1, 0.15) is 5.56 Å². The van der Waals surface area contributed by atoms with Crippen molar-refractivity contribution in [2.45, 2.75) is 12.5 Å². The first-order chi connectivity index (χ1) is 10.3. The van der Waals surface area contributed by atoms with Gasteiger partial charge in [0, 0.05) is 36.5 Å². The molecule has 4 heteroatoms. The summed E-state index contributed by atoms with van der Waals surface area (Å²) in [6, 6.07) is 12.3. The smallest absolute Gasteiger partial charge is 0.159 e. The summed E-state index contributed by atoms with van der Waals surface area (Å²) in [5, 5.41) is 2.41. The fourth-order valence-corrected chi connectivity index (χ4v) is 2.86. The monoisotopic (exact) mass is 277 g/mol. The highest BCUT2D eigenvalue weighted by atomic mass is 16.5. The van der Waals surface area contributed by atoms with Crippen molar-refractivity contribution in [2.75, 3.05) is 6.54 Å². The normalized spacial score (nSPS) is 16.7. The van der Waals surface area contributed by atoms with E-state index in [-0.39, 0.29) is 6.10 Å². The lowest BCUT2D eigenvalue weighted by atomic mass is 9.99. The van der Waals surface area contributed by atoms with Crippen LogP contribution in [0.25, 0.3) is 22.2 Å². The lowest BCUT2D eigenvalue weighted by Crippen LogP contribution is -2.24. The summed E-state index contributed by atoms with van der Waals surface area (Å²) in [6.45, 7) is 0.548. The second-order valence-corrected chi connectivity index (χ2v) is 5.23. The zero-order valence-electron chi connectivity index (χ0n) is 11.5. The maximum absolute atomic E-state index is 5.83. The zero-order valence-corrected chi connectivity index (χ0v) is 11.5. The highest BCUT2D eigenvalue weighted by Gasteiger charge is 2.23. The molecule has 1 aromatic heterocycles. The summed E-state index contributed by atoms with van der Waals surface area (Å²) >= 11 is 0. The fraction of sp³-hybridized carbons (Fsp3) is 0.176. The van der Waals surface area contributed by atoms with Gasteiger partial charge in [-0.3, -0.25) is 0 Å². The van der Waals surface area contributed by atoms with Gasteiger partial charge in [0.2, 0.25) is 0 Å². The predicted molar refractivity (Wildman–Crippen MR) is 82.1 cm³/mol. The van der Waals surface area contributed by atoms with E-state index < -0.39 is 0 Å². The van der Waals surface area contributed by atoms with Crippen LogP contribution in [-0.2, 0) is 6.42 Å². The Kier molecular flexibility index (Phi) is 2.82. The second-order valence-electron chi connectivity index (χ2n) is 5.23. The first kappa shape index (κ1) is 12.3. The van der Waals surface area contributed by atoms with Crippen LogP contribution in [-0.4, -0.2) is 22.6 Å². The summed E-state index contributed by atoms with van der Waals surface area (Å²) in [7, 11) is 0. The van der Waals surface area contributed by atoms with Gasteiger partial charge in [0.1, 0.15) is 11.9 Å². The first-order valence-corrected chi connectivity index (χ1v) is 7.05. The van der Waals surface area contributed by atoms with Gasteiger partial charge < -0.3 is 10.5 Å². The molecule has 104 valence electrons. The van der Waals surface area contributed by atoms with Crippen molar-refractivity contribution >= 4 is 10.8 Å². The standard InChI is InChI=1S/C17H15N3O/c18-10-13-9-15-14-4-2-12(17-19-6-1-7-20-17)8-11(14)3-5-16(15)21-13/h1-8,13H,9-10,18H2. The average molecular weight is 277 g/mol. The van der Waals surface area contributed by atoms with Gasteiger partial charge in [-0.1, -0.05) is 18.2 Å². The van der Waals surface area contributed by atoms with Gasteiger partial charge in [-0.05, 0) is 29.0 Å². The van der Waals surface area contributed by atoms with E-state index in [0.717, 1.165) is 23.6 Å². The van der Waals surface area contributed by atoms with E-state index in [2.05, 4.69) is 34.2 Å². The van der Waals surface area contributed by atoms with E-state index >= 15 is 0 Å². The van der Waals surface area contributed by atoms with Gasteiger partial charge in [-0.25, -0.2) is 9.97 Å². The third-order valence-electron chi connectivity index (χ3n) is 3.90. The number of rotatable bonds is 2. The zero-order chi connectivity index (χ0) is 14.2. The van der Waals surface area contributed by atoms with Gasteiger partial charge in [0.25, 0.3) is 0 Å². The Labute approximate surface area is 122 Å². The molecule has 1 atom stereocenters. The molecule has 4 rings (SSSR count). The van der Waals surface area contributed by atoms with Crippen LogP contribution < -0.4 is 10.5 Å². The van der Waals surface area contributed by atoms with E-state index in [9.17, 15) is 0 Å². The molecule has 3 aromatic rings. The molecule has 1 aliphatic rings. The van der Waals surface area contributed by atoms with Crippen LogP contribution in [0.2, 0.25) is 0 Å². The third kappa shape index (κ3) is 2.04. The molecule has 2 heterocycles. The molecule has 1 aliphatic heterocycles. The Bertz CT molecular complexity index is 802. The van der Waals surface area contributed by atoms with Gasteiger partial charge in [0.05, 0.1) is 0 Å². The molecule has 2 N–H and O–H groups in total. The van der Waals surface area contributed by atoms with Crippen LogP contribution in [0.4, 0.5) is 0 Å². The van der Waals surface area contributed by atoms with Crippen molar-refractivity contribution in [3.05, 3.63) is 54.4 Å². The number of ether oxygens (including phenoxy) is 1. The molecule has 2 aromatic carbocycles. The molecule has 0 saturated heterocycles. The van der Waals surface area contributed by atoms with Crippen molar-refractivity contribution in [1.82, 2.24) is 9.97 Å². The van der Waals surface area contributed by atoms with Gasteiger partial charge in [-0.15, -0.1) is 0 Å². The van der Waals surface area contributed by atoms with Crippen LogP contribution in [0.3, 0.4) is 0 Å². The number of nitrogens with two attached hydrogens (primary N) is 1. The first-order valence-electron chi connectivity index (χ1n) is 7.05. The Balaban J connectivity index is 1.83. The van der Waals surface area contributed by atoms with Crippen molar-refractivity contribution in [2.24, 2.45) is 5.73 Å². The summed E-state index contributed by atoms with van der Waals surface area (Å²) in [5.74, 6) is 1.71. The van der Waals surface area contributed by atoms with Gasteiger partial charge in [-0.2, -0.15) is 0 Å². The SMILES string of the molecule is NCC1Cc2c(ccc3cc(-c4ncccn4)ccc23)O1. The van der Waals surface area contributed by atoms with Gasteiger partial charge in [0.15, 0.2) is 5.82 Å². The second kappa shape index (κ2) is 4.82. The van der Waals surface area contributed by atoms with Crippen molar-refractivity contribution in [3.63, 3.8) is 0 Å². The molecule has 21 heavy (non-hydrogen) atoms. The largest absolute Gasteiger partial charge is 0.488 e. The topological polar surface area (TPSA) is 61.0 Å². The van der Waals surface area contributed by atoms with E-state index in [1.54, 1.807) is 12.4 Å². The predicted octanol–water partition coefficient (Wildman–Crippen LogP) is 2.56. The Morgan fingerprint density at radius 1 is 1.14 bits per heavy atom. The van der Waals surface area contributed by atoms with Crippen LogP contribution >= 0.6 is 0 Å². The third-order valence-corrected chi connectivity index (χ3v) is 3.90. The number of hydrogen-bond acceptors (Lipinski definition) is 4. The highest BCUT2D eigenvalue weighted by Crippen LogP contribution is 2.36. The maximum atomic E-state index is 5.83. The number of benzene rings is 2. The minimum Gasteiger partial charge on any atom is -0.488 e. The van der Waals surface area contributed by atoms with Crippen LogP contribution in [0.5, 0.6) is 5.75 Å². The number of hydrogen-bond donors (Lipinski definition) is 1. The average Bonchev–Trinajstić information content (AvgIpc) is 2.99. The lowest BCUT2D eigenvalue weighted by molar-refractivity contribution is 0.241. The molecule has 4 nitrogen and oxygen atoms in total. The Morgan fingerprint density at radius 3 is 2.81 bits per heavy atom. The van der Waals surface area contributed by atoms with E-state index in [1.807, 2.05) is 12.1 Å². The molecule has 0 radical (unpaired) electrons. The summed E-state index contributed by atoms with van der Waals surface area (Å²) in [5.41, 5.74) is 7.99. The molecule has 0 saturated carbocycles. The fourth-order valence-electron chi connectivity index (χ4n) is 2.86. The molecule has 0 fully saturated rings. The van der Waals surface area contributed by atoms with Crippen molar-refractivity contribution < 1.29 is 4.74 Å². The van der Waals surface area contributed by atoms with Crippen LogP contribution in [0, 0.1) is 0 Å². The molecule has 0 amide bonds. The van der Waals surface area contributed by atoms with Gasteiger partial charge >= 0.3 is 0 Å². The molecular weight excluding hydrogens is 262 g/mol. The van der Waals surface area contributed by atoms with E-state index in [1.165, 1.54) is 16.3 Å². The number of nitrogens with zero attached hydrogens (tertiary/aromatic N) is 2. The molecule has 0 aliphatic carbocycles.